The van der Waals surface area contributed by atoms with Gasteiger partial charge in [-0.2, -0.15) is 0 Å². The third kappa shape index (κ3) is 2.89. The van der Waals surface area contributed by atoms with Crippen LogP contribution >= 0.6 is 11.3 Å². The third-order valence-electron chi connectivity index (χ3n) is 3.24. The van der Waals surface area contributed by atoms with E-state index in [0.29, 0.717) is 0 Å². The molecule has 1 heterocycles. The topological polar surface area (TPSA) is 42.1 Å². The predicted octanol–water partition coefficient (Wildman–Crippen LogP) is 2.89. The normalized spacial score (nSPS) is 15.2. The van der Waals surface area contributed by atoms with Crippen molar-refractivity contribution in [3.05, 3.63) is 46.4 Å². The lowest BCUT2D eigenvalue weighted by Gasteiger charge is -2.21. The van der Waals surface area contributed by atoms with Gasteiger partial charge in [0.1, 0.15) is 0 Å². The van der Waals surface area contributed by atoms with E-state index in [1.807, 2.05) is 23.8 Å². The summed E-state index contributed by atoms with van der Waals surface area (Å²) in [6.45, 7) is 1.98. The maximum atomic E-state index is 5.84. The van der Waals surface area contributed by atoms with Crippen LogP contribution in [0.1, 0.15) is 23.3 Å². The van der Waals surface area contributed by atoms with Gasteiger partial charge in [-0.25, -0.2) is 0 Å². The fourth-order valence-corrected chi connectivity index (χ4v) is 2.82. The Morgan fingerprint density at radius 3 is 2.89 bits per heavy atom. The second kappa shape index (κ2) is 5.08. The molecule has 18 heavy (non-hydrogen) atoms. The molecule has 1 aliphatic rings. The molecule has 0 saturated heterocycles. The van der Waals surface area contributed by atoms with Gasteiger partial charge >= 0.3 is 0 Å². The zero-order chi connectivity index (χ0) is 12.4. The molecule has 94 valence electrons. The van der Waals surface area contributed by atoms with Crippen molar-refractivity contribution in [3.8, 4) is 0 Å². The van der Waals surface area contributed by atoms with Gasteiger partial charge in [-0.05, 0) is 30.5 Å². The van der Waals surface area contributed by atoms with Crippen LogP contribution in [-0.4, -0.2) is 15.9 Å². The first kappa shape index (κ1) is 11.7. The van der Waals surface area contributed by atoms with Crippen LogP contribution < -0.4 is 5.73 Å². The van der Waals surface area contributed by atoms with Crippen LogP contribution in [0.5, 0.6) is 0 Å². The molecule has 0 bridgehead atoms. The highest BCUT2D eigenvalue weighted by molar-refractivity contribution is 7.09. The highest BCUT2D eigenvalue weighted by Gasteiger charge is 2.29. The summed E-state index contributed by atoms with van der Waals surface area (Å²) in [5.74, 6) is 0. The number of nitrogens with zero attached hydrogens (tertiary/aromatic N) is 2. The van der Waals surface area contributed by atoms with Crippen LogP contribution in [0, 0.1) is 0 Å². The second-order valence-electron chi connectivity index (χ2n) is 4.85. The summed E-state index contributed by atoms with van der Waals surface area (Å²) in [5, 5.41) is 0. The van der Waals surface area contributed by atoms with Gasteiger partial charge in [0.15, 0.2) is 0 Å². The van der Waals surface area contributed by atoms with Crippen molar-refractivity contribution < 1.29 is 0 Å². The minimum absolute atomic E-state index is 0.744. The van der Waals surface area contributed by atoms with Crippen molar-refractivity contribution in [3.63, 3.8) is 0 Å². The van der Waals surface area contributed by atoms with Crippen molar-refractivity contribution >= 4 is 17.0 Å². The molecular formula is C14H17N3S. The first-order chi connectivity index (χ1) is 8.81. The summed E-state index contributed by atoms with van der Waals surface area (Å²) in [5.41, 5.74) is 9.89. The molecule has 2 N–H and O–H groups in total. The van der Waals surface area contributed by atoms with Crippen molar-refractivity contribution in [2.24, 2.45) is 0 Å². The van der Waals surface area contributed by atoms with E-state index in [9.17, 15) is 0 Å². The van der Waals surface area contributed by atoms with Crippen LogP contribution in [0.3, 0.4) is 0 Å². The Kier molecular flexibility index (Phi) is 3.30. The van der Waals surface area contributed by atoms with Gasteiger partial charge in [0, 0.05) is 35.9 Å². The molecule has 4 heteroatoms. The molecule has 0 atom stereocenters. The lowest BCUT2D eigenvalue weighted by Crippen LogP contribution is -2.24. The fraction of sp³-hybridized carbons (Fsp3) is 0.357. The molecular weight excluding hydrogens is 242 g/mol. The minimum atomic E-state index is 0.744. The summed E-state index contributed by atoms with van der Waals surface area (Å²) in [6, 6.07) is 8.94. The summed E-state index contributed by atoms with van der Waals surface area (Å²) in [4.78, 5) is 8.02. The molecule has 1 aromatic heterocycles. The number of aromatic nitrogens is 1. The molecule has 0 unspecified atom stereocenters. The van der Waals surface area contributed by atoms with Gasteiger partial charge in [0.2, 0.25) is 0 Å². The van der Waals surface area contributed by atoms with Gasteiger partial charge in [-0.15, -0.1) is 11.3 Å². The van der Waals surface area contributed by atoms with Crippen LogP contribution in [0.15, 0.2) is 36.0 Å². The SMILES string of the molecule is Nc1cccc(CN(Cc2cncs2)C2CC2)c1. The number of thiazole rings is 1. The minimum Gasteiger partial charge on any atom is -0.399 e. The van der Waals surface area contributed by atoms with Gasteiger partial charge in [0.05, 0.1) is 5.51 Å². The smallest absolute Gasteiger partial charge is 0.0794 e. The van der Waals surface area contributed by atoms with E-state index < -0.39 is 0 Å². The van der Waals surface area contributed by atoms with E-state index >= 15 is 0 Å². The summed E-state index contributed by atoms with van der Waals surface area (Å²) >= 11 is 1.73. The van der Waals surface area contributed by atoms with E-state index in [0.717, 1.165) is 24.8 Å². The van der Waals surface area contributed by atoms with Crippen molar-refractivity contribution in [1.29, 1.82) is 0 Å². The lowest BCUT2D eigenvalue weighted by atomic mass is 10.2. The largest absolute Gasteiger partial charge is 0.399 e. The molecule has 1 fully saturated rings. The van der Waals surface area contributed by atoms with Gasteiger partial charge < -0.3 is 5.73 Å². The monoisotopic (exact) mass is 259 g/mol. The molecule has 0 amide bonds. The Hall–Kier alpha value is -1.39. The number of rotatable bonds is 5. The summed E-state index contributed by atoms with van der Waals surface area (Å²) < 4.78 is 0. The standard InChI is InChI=1S/C14H17N3S/c15-12-3-1-2-11(6-12)8-17(13-4-5-13)9-14-7-16-10-18-14/h1-3,6-7,10,13H,4-5,8-9,15H2. The average Bonchev–Trinajstić information content (AvgIpc) is 3.08. The zero-order valence-electron chi connectivity index (χ0n) is 10.2. The van der Waals surface area contributed by atoms with Crippen LogP contribution in [-0.2, 0) is 13.1 Å². The van der Waals surface area contributed by atoms with E-state index in [2.05, 4.69) is 22.0 Å². The number of anilines is 1. The highest BCUT2D eigenvalue weighted by atomic mass is 32.1. The molecule has 1 saturated carbocycles. The zero-order valence-corrected chi connectivity index (χ0v) is 11.1. The van der Waals surface area contributed by atoms with Gasteiger partial charge in [-0.3, -0.25) is 9.88 Å². The van der Waals surface area contributed by atoms with E-state index in [-0.39, 0.29) is 0 Å². The number of hydrogen-bond donors (Lipinski definition) is 1. The Balaban J connectivity index is 1.70. The van der Waals surface area contributed by atoms with Crippen LogP contribution in [0.4, 0.5) is 5.69 Å². The number of benzene rings is 1. The first-order valence-electron chi connectivity index (χ1n) is 6.27. The molecule has 3 nitrogen and oxygen atoms in total. The third-order valence-corrected chi connectivity index (χ3v) is 4.01. The van der Waals surface area contributed by atoms with Crippen LogP contribution in [0.25, 0.3) is 0 Å². The Bertz CT molecular complexity index is 506. The molecule has 1 aliphatic carbocycles. The fourth-order valence-electron chi connectivity index (χ4n) is 2.20. The number of hydrogen-bond acceptors (Lipinski definition) is 4. The van der Waals surface area contributed by atoms with Gasteiger partial charge in [-0.1, -0.05) is 12.1 Å². The van der Waals surface area contributed by atoms with Crippen molar-refractivity contribution in [2.45, 2.75) is 32.0 Å². The Morgan fingerprint density at radius 2 is 2.22 bits per heavy atom. The quantitative estimate of drug-likeness (QED) is 0.840. The summed E-state index contributed by atoms with van der Waals surface area (Å²) in [6.07, 6.45) is 4.61. The molecule has 0 radical (unpaired) electrons. The van der Waals surface area contributed by atoms with E-state index in [1.54, 1.807) is 11.3 Å². The van der Waals surface area contributed by atoms with Crippen molar-refractivity contribution in [1.82, 2.24) is 9.88 Å². The Labute approximate surface area is 111 Å². The highest BCUT2D eigenvalue weighted by Crippen LogP contribution is 2.30. The predicted molar refractivity (Wildman–Crippen MR) is 75.2 cm³/mol. The first-order valence-corrected chi connectivity index (χ1v) is 7.15. The Morgan fingerprint density at radius 1 is 1.33 bits per heavy atom. The van der Waals surface area contributed by atoms with E-state index in [4.69, 9.17) is 5.73 Å². The lowest BCUT2D eigenvalue weighted by molar-refractivity contribution is 0.248. The van der Waals surface area contributed by atoms with E-state index in [1.165, 1.54) is 23.3 Å². The van der Waals surface area contributed by atoms with Crippen molar-refractivity contribution in [2.75, 3.05) is 5.73 Å². The second-order valence-corrected chi connectivity index (χ2v) is 5.82. The summed E-state index contributed by atoms with van der Waals surface area (Å²) in [7, 11) is 0. The maximum absolute atomic E-state index is 5.84. The van der Waals surface area contributed by atoms with Gasteiger partial charge in [0.25, 0.3) is 0 Å². The van der Waals surface area contributed by atoms with Crippen LogP contribution in [0.2, 0.25) is 0 Å². The number of nitrogen functional groups attached to an aromatic ring is 1. The maximum Gasteiger partial charge on any atom is 0.0794 e. The average molecular weight is 259 g/mol. The molecule has 0 spiro atoms. The molecule has 3 rings (SSSR count). The molecule has 1 aromatic carbocycles. The molecule has 2 aromatic rings. The molecule has 0 aliphatic heterocycles. The number of nitrogens with two attached hydrogens (primary N) is 1.